The van der Waals surface area contributed by atoms with Crippen LogP contribution in [0.25, 0.3) is 0 Å². The molecule has 1 aliphatic rings. The van der Waals surface area contributed by atoms with Gasteiger partial charge in [0.15, 0.2) is 0 Å². The summed E-state index contributed by atoms with van der Waals surface area (Å²) in [6.45, 7) is 1.56. The summed E-state index contributed by atoms with van der Waals surface area (Å²) in [6.07, 6.45) is 4.91. The summed E-state index contributed by atoms with van der Waals surface area (Å²) in [5, 5.41) is 20.4. The van der Waals surface area contributed by atoms with Gasteiger partial charge < -0.3 is 5.11 Å². The Balaban J connectivity index is 2.45. The molecule has 13 heavy (non-hydrogen) atoms. The van der Waals surface area contributed by atoms with Gasteiger partial charge in [-0.15, -0.1) is 0 Å². The van der Waals surface area contributed by atoms with Crippen LogP contribution in [0, 0.1) is 10.1 Å². The van der Waals surface area contributed by atoms with E-state index in [1.807, 2.05) is 0 Å². The Morgan fingerprint density at radius 2 is 2.00 bits per heavy atom. The second-order valence-corrected chi connectivity index (χ2v) is 4.12. The summed E-state index contributed by atoms with van der Waals surface area (Å²) in [6, 6.07) is -0.622. The van der Waals surface area contributed by atoms with Gasteiger partial charge in [-0.1, -0.05) is 19.3 Å². The third-order valence-electron chi connectivity index (χ3n) is 2.82. The third kappa shape index (κ3) is 2.95. The highest BCUT2D eigenvalue weighted by Crippen LogP contribution is 2.32. The lowest BCUT2D eigenvalue weighted by Crippen LogP contribution is -2.36. The number of nitro groups is 1. The summed E-state index contributed by atoms with van der Waals surface area (Å²) in [5.74, 6) is 0. The molecular weight excluding hydrogens is 170 g/mol. The van der Waals surface area contributed by atoms with E-state index in [4.69, 9.17) is 0 Å². The highest BCUT2D eigenvalue weighted by molar-refractivity contribution is 4.83. The first-order chi connectivity index (χ1) is 6.03. The molecule has 1 unspecified atom stereocenters. The van der Waals surface area contributed by atoms with Crippen molar-refractivity contribution in [1.29, 1.82) is 0 Å². The number of aliphatic hydroxyl groups is 1. The van der Waals surface area contributed by atoms with Crippen molar-refractivity contribution in [2.75, 3.05) is 0 Å². The van der Waals surface area contributed by atoms with Crippen LogP contribution in [0.5, 0.6) is 0 Å². The Morgan fingerprint density at radius 1 is 1.46 bits per heavy atom. The molecule has 1 atom stereocenters. The van der Waals surface area contributed by atoms with E-state index in [0.29, 0.717) is 6.42 Å². The SMILES string of the molecule is CC(CC1(O)CCCCC1)[N+](=O)[O-]. The summed E-state index contributed by atoms with van der Waals surface area (Å²) >= 11 is 0. The molecule has 1 aliphatic carbocycles. The predicted molar refractivity (Wildman–Crippen MR) is 49.1 cm³/mol. The maximum atomic E-state index is 10.4. The predicted octanol–water partition coefficient (Wildman–Crippen LogP) is 1.74. The van der Waals surface area contributed by atoms with Crippen molar-refractivity contribution < 1.29 is 10.0 Å². The Hall–Kier alpha value is -0.640. The van der Waals surface area contributed by atoms with Crippen molar-refractivity contribution in [1.82, 2.24) is 0 Å². The van der Waals surface area contributed by atoms with Crippen molar-refractivity contribution in [3.05, 3.63) is 10.1 Å². The van der Waals surface area contributed by atoms with Crippen LogP contribution < -0.4 is 0 Å². The van der Waals surface area contributed by atoms with Gasteiger partial charge in [-0.25, -0.2) is 0 Å². The Kier molecular flexibility index (Phi) is 3.25. The van der Waals surface area contributed by atoms with E-state index in [-0.39, 0.29) is 4.92 Å². The summed E-state index contributed by atoms with van der Waals surface area (Å²) < 4.78 is 0. The van der Waals surface area contributed by atoms with Gasteiger partial charge in [-0.3, -0.25) is 10.1 Å². The van der Waals surface area contributed by atoms with E-state index in [2.05, 4.69) is 0 Å². The van der Waals surface area contributed by atoms with Crippen LogP contribution in [-0.2, 0) is 0 Å². The molecule has 1 N–H and O–H groups in total. The highest BCUT2D eigenvalue weighted by Gasteiger charge is 2.34. The summed E-state index contributed by atoms with van der Waals surface area (Å²) in [5.41, 5.74) is -0.759. The van der Waals surface area contributed by atoms with Crippen molar-refractivity contribution in [2.24, 2.45) is 0 Å². The van der Waals surface area contributed by atoms with Crippen molar-refractivity contribution in [2.45, 2.75) is 57.1 Å². The normalized spacial score (nSPS) is 23.8. The third-order valence-corrected chi connectivity index (χ3v) is 2.82. The topological polar surface area (TPSA) is 63.4 Å². The zero-order chi connectivity index (χ0) is 9.90. The van der Waals surface area contributed by atoms with Gasteiger partial charge in [0.2, 0.25) is 6.04 Å². The first kappa shape index (κ1) is 10.4. The van der Waals surface area contributed by atoms with Crippen LogP contribution >= 0.6 is 0 Å². The monoisotopic (exact) mass is 187 g/mol. The Labute approximate surface area is 78.1 Å². The highest BCUT2D eigenvalue weighted by atomic mass is 16.6. The van der Waals surface area contributed by atoms with Crippen molar-refractivity contribution in [3.63, 3.8) is 0 Å². The van der Waals surface area contributed by atoms with Crippen LogP contribution in [-0.4, -0.2) is 21.7 Å². The van der Waals surface area contributed by atoms with Gasteiger partial charge in [0.25, 0.3) is 0 Å². The molecule has 0 aromatic heterocycles. The van der Waals surface area contributed by atoms with Gasteiger partial charge in [0.05, 0.1) is 5.60 Å². The molecule has 0 aromatic carbocycles. The molecule has 0 spiro atoms. The molecule has 1 rings (SSSR count). The largest absolute Gasteiger partial charge is 0.390 e. The molecule has 76 valence electrons. The van der Waals surface area contributed by atoms with Crippen LogP contribution in [0.2, 0.25) is 0 Å². The minimum Gasteiger partial charge on any atom is -0.390 e. The lowest BCUT2D eigenvalue weighted by molar-refractivity contribution is -0.522. The smallest absolute Gasteiger partial charge is 0.213 e. The molecule has 4 nitrogen and oxygen atoms in total. The average molecular weight is 187 g/mol. The summed E-state index contributed by atoms with van der Waals surface area (Å²) in [7, 11) is 0. The Bertz CT molecular complexity index is 187. The number of rotatable bonds is 3. The molecule has 0 saturated heterocycles. The van der Waals surface area contributed by atoms with E-state index < -0.39 is 11.6 Å². The zero-order valence-electron chi connectivity index (χ0n) is 8.03. The van der Waals surface area contributed by atoms with Gasteiger partial charge >= 0.3 is 0 Å². The molecule has 0 aromatic rings. The minimum absolute atomic E-state index is 0.306. The first-order valence-corrected chi connectivity index (χ1v) is 4.89. The molecule has 4 heteroatoms. The molecule has 0 amide bonds. The van der Waals surface area contributed by atoms with Crippen LogP contribution in [0.1, 0.15) is 45.4 Å². The molecule has 0 aliphatic heterocycles. The maximum Gasteiger partial charge on any atom is 0.213 e. The molecule has 0 radical (unpaired) electrons. The molecular formula is C9H17NO3. The van der Waals surface area contributed by atoms with Crippen LogP contribution in [0.3, 0.4) is 0 Å². The van der Waals surface area contributed by atoms with E-state index in [0.717, 1.165) is 32.1 Å². The van der Waals surface area contributed by atoms with Gasteiger partial charge in [0.1, 0.15) is 0 Å². The van der Waals surface area contributed by atoms with Gasteiger partial charge in [0, 0.05) is 18.3 Å². The van der Waals surface area contributed by atoms with Gasteiger partial charge in [-0.2, -0.15) is 0 Å². The van der Waals surface area contributed by atoms with Crippen LogP contribution in [0.4, 0.5) is 0 Å². The molecule has 1 fully saturated rings. The first-order valence-electron chi connectivity index (χ1n) is 4.89. The molecule has 0 heterocycles. The standard InChI is InChI=1S/C9H17NO3/c1-8(10(12)13)7-9(11)5-3-2-4-6-9/h8,11H,2-7H2,1H3. The van der Waals surface area contributed by atoms with E-state index >= 15 is 0 Å². The minimum atomic E-state index is -0.759. The zero-order valence-corrected chi connectivity index (χ0v) is 8.03. The quantitative estimate of drug-likeness (QED) is 0.540. The summed E-state index contributed by atoms with van der Waals surface area (Å²) in [4.78, 5) is 10.1. The van der Waals surface area contributed by atoms with Crippen molar-refractivity contribution in [3.8, 4) is 0 Å². The fourth-order valence-corrected chi connectivity index (χ4v) is 2.04. The second kappa shape index (κ2) is 4.05. The Morgan fingerprint density at radius 3 is 2.46 bits per heavy atom. The van der Waals surface area contributed by atoms with Gasteiger partial charge in [-0.05, 0) is 12.8 Å². The number of hydrogen-bond acceptors (Lipinski definition) is 3. The van der Waals surface area contributed by atoms with E-state index in [1.54, 1.807) is 6.92 Å². The van der Waals surface area contributed by atoms with Crippen LogP contribution in [0.15, 0.2) is 0 Å². The maximum absolute atomic E-state index is 10.4. The fourth-order valence-electron chi connectivity index (χ4n) is 2.04. The van der Waals surface area contributed by atoms with E-state index in [9.17, 15) is 15.2 Å². The average Bonchev–Trinajstić information content (AvgIpc) is 2.04. The fraction of sp³-hybridized carbons (Fsp3) is 1.00. The lowest BCUT2D eigenvalue weighted by Gasteiger charge is -2.32. The second-order valence-electron chi connectivity index (χ2n) is 4.12. The lowest BCUT2D eigenvalue weighted by atomic mass is 9.81. The number of nitrogens with zero attached hydrogens (tertiary/aromatic N) is 1. The van der Waals surface area contributed by atoms with Crippen molar-refractivity contribution >= 4 is 0 Å². The molecule has 0 bridgehead atoms. The van der Waals surface area contributed by atoms with E-state index in [1.165, 1.54) is 0 Å². The molecule has 1 saturated carbocycles. The number of hydrogen-bond donors (Lipinski definition) is 1.